The number of carbonyl (C=O) groups is 1. The van der Waals surface area contributed by atoms with Crippen molar-refractivity contribution in [2.75, 3.05) is 0 Å². The summed E-state index contributed by atoms with van der Waals surface area (Å²) in [7, 11) is 0. The molecule has 0 aliphatic heterocycles. The second-order valence-corrected chi connectivity index (χ2v) is 6.14. The summed E-state index contributed by atoms with van der Waals surface area (Å²) in [6.07, 6.45) is 0. The van der Waals surface area contributed by atoms with Crippen molar-refractivity contribution >= 4 is 32.5 Å². The van der Waals surface area contributed by atoms with Crippen molar-refractivity contribution in [1.29, 1.82) is 0 Å². The summed E-state index contributed by atoms with van der Waals surface area (Å²) in [5.41, 5.74) is 3.77. The lowest BCUT2D eigenvalue weighted by Crippen LogP contribution is -2.04. The molecule has 3 aromatic rings. The summed E-state index contributed by atoms with van der Waals surface area (Å²) in [5.74, 6) is 0.0538. The molecular formula is C19H15BrO. The van der Waals surface area contributed by atoms with Crippen molar-refractivity contribution in [3.63, 3.8) is 0 Å². The van der Waals surface area contributed by atoms with Crippen LogP contribution >= 0.6 is 15.9 Å². The molecule has 104 valence electrons. The van der Waals surface area contributed by atoms with Crippen LogP contribution in [0.25, 0.3) is 10.8 Å². The lowest BCUT2D eigenvalue weighted by molar-refractivity contribution is 0.103. The van der Waals surface area contributed by atoms with E-state index >= 15 is 0 Å². The van der Waals surface area contributed by atoms with Gasteiger partial charge in [-0.2, -0.15) is 0 Å². The van der Waals surface area contributed by atoms with Gasteiger partial charge < -0.3 is 0 Å². The Kier molecular flexibility index (Phi) is 3.64. The van der Waals surface area contributed by atoms with Crippen molar-refractivity contribution < 1.29 is 4.79 Å². The van der Waals surface area contributed by atoms with Gasteiger partial charge in [0.25, 0.3) is 0 Å². The maximum Gasteiger partial charge on any atom is 0.194 e. The van der Waals surface area contributed by atoms with Crippen LogP contribution in [0.3, 0.4) is 0 Å². The first kappa shape index (κ1) is 14.0. The Morgan fingerprint density at radius 3 is 2.24 bits per heavy atom. The van der Waals surface area contributed by atoms with Crippen molar-refractivity contribution in [2.45, 2.75) is 13.8 Å². The van der Waals surface area contributed by atoms with Gasteiger partial charge in [-0.25, -0.2) is 0 Å². The molecule has 0 saturated heterocycles. The Hall–Kier alpha value is -1.93. The monoisotopic (exact) mass is 338 g/mol. The lowest BCUT2D eigenvalue weighted by Gasteiger charge is -2.10. The third-order valence-electron chi connectivity index (χ3n) is 3.76. The van der Waals surface area contributed by atoms with Crippen LogP contribution in [0.4, 0.5) is 0 Å². The SMILES string of the molecule is Cc1ccc(C(=O)c2ccc(C)c3ccccc23)c(Br)c1. The average Bonchev–Trinajstić information content (AvgIpc) is 2.47. The molecule has 0 saturated carbocycles. The van der Waals surface area contributed by atoms with E-state index in [4.69, 9.17) is 0 Å². The van der Waals surface area contributed by atoms with E-state index in [2.05, 4.69) is 28.9 Å². The zero-order valence-electron chi connectivity index (χ0n) is 12.0. The summed E-state index contributed by atoms with van der Waals surface area (Å²) < 4.78 is 0.845. The lowest BCUT2D eigenvalue weighted by atomic mass is 9.94. The van der Waals surface area contributed by atoms with Gasteiger partial charge in [0.05, 0.1) is 0 Å². The summed E-state index contributed by atoms with van der Waals surface area (Å²) in [6.45, 7) is 4.08. The number of benzene rings is 3. The van der Waals surface area contributed by atoms with E-state index in [0.29, 0.717) is 5.56 Å². The number of ketones is 1. The molecule has 0 aromatic heterocycles. The Bertz CT molecular complexity index is 849. The first-order chi connectivity index (χ1) is 10.1. The predicted octanol–water partition coefficient (Wildman–Crippen LogP) is 5.45. The van der Waals surface area contributed by atoms with Gasteiger partial charge in [-0.1, -0.05) is 58.4 Å². The minimum Gasteiger partial charge on any atom is -0.289 e. The van der Waals surface area contributed by atoms with E-state index in [-0.39, 0.29) is 5.78 Å². The first-order valence-electron chi connectivity index (χ1n) is 6.87. The predicted molar refractivity (Wildman–Crippen MR) is 91.0 cm³/mol. The molecule has 0 fully saturated rings. The average molecular weight is 339 g/mol. The fourth-order valence-electron chi connectivity index (χ4n) is 2.60. The van der Waals surface area contributed by atoms with Crippen LogP contribution in [0.2, 0.25) is 0 Å². The summed E-state index contributed by atoms with van der Waals surface area (Å²) in [5, 5.41) is 2.14. The molecule has 2 heteroatoms. The summed E-state index contributed by atoms with van der Waals surface area (Å²) in [4.78, 5) is 12.9. The van der Waals surface area contributed by atoms with Crippen LogP contribution in [-0.2, 0) is 0 Å². The zero-order chi connectivity index (χ0) is 15.0. The smallest absolute Gasteiger partial charge is 0.194 e. The number of rotatable bonds is 2. The highest BCUT2D eigenvalue weighted by Crippen LogP contribution is 2.27. The van der Waals surface area contributed by atoms with Crippen LogP contribution in [-0.4, -0.2) is 5.78 Å². The van der Waals surface area contributed by atoms with E-state index in [0.717, 1.165) is 26.4 Å². The largest absolute Gasteiger partial charge is 0.289 e. The molecule has 21 heavy (non-hydrogen) atoms. The second kappa shape index (κ2) is 5.45. The summed E-state index contributed by atoms with van der Waals surface area (Å²) >= 11 is 3.50. The number of fused-ring (bicyclic) bond motifs is 1. The van der Waals surface area contributed by atoms with E-state index in [9.17, 15) is 4.79 Å². The number of hydrogen-bond donors (Lipinski definition) is 0. The fourth-order valence-corrected chi connectivity index (χ4v) is 3.27. The highest BCUT2D eigenvalue weighted by atomic mass is 79.9. The maximum atomic E-state index is 12.9. The molecule has 0 N–H and O–H groups in total. The van der Waals surface area contributed by atoms with E-state index in [1.54, 1.807) is 0 Å². The Labute approximate surface area is 132 Å². The molecule has 0 bridgehead atoms. The van der Waals surface area contributed by atoms with Gasteiger partial charge in [0, 0.05) is 15.6 Å². The summed E-state index contributed by atoms with van der Waals surface area (Å²) in [6, 6.07) is 17.8. The Balaban J connectivity index is 2.21. The fraction of sp³-hybridized carbons (Fsp3) is 0.105. The third kappa shape index (κ3) is 2.52. The molecule has 0 amide bonds. The quantitative estimate of drug-likeness (QED) is 0.568. The van der Waals surface area contributed by atoms with Crippen molar-refractivity contribution in [1.82, 2.24) is 0 Å². The molecule has 1 nitrogen and oxygen atoms in total. The number of aryl methyl sites for hydroxylation is 2. The second-order valence-electron chi connectivity index (χ2n) is 5.29. The maximum absolute atomic E-state index is 12.9. The molecule has 3 aromatic carbocycles. The van der Waals surface area contributed by atoms with Crippen LogP contribution in [0.1, 0.15) is 27.0 Å². The molecule has 0 aliphatic carbocycles. The van der Waals surface area contributed by atoms with Gasteiger partial charge in [0.2, 0.25) is 0 Å². The van der Waals surface area contributed by atoms with Crippen LogP contribution in [0, 0.1) is 13.8 Å². The molecule has 3 rings (SSSR count). The molecule has 0 unspecified atom stereocenters. The van der Waals surface area contributed by atoms with Crippen LogP contribution in [0.5, 0.6) is 0 Å². The number of carbonyl (C=O) groups excluding carboxylic acids is 1. The number of halogens is 1. The third-order valence-corrected chi connectivity index (χ3v) is 4.41. The van der Waals surface area contributed by atoms with Crippen molar-refractivity contribution in [3.05, 3.63) is 81.3 Å². The molecule has 0 aliphatic rings. The van der Waals surface area contributed by atoms with Gasteiger partial charge >= 0.3 is 0 Å². The molecule has 0 spiro atoms. The van der Waals surface area contributed by atoms with E-state index < -0.39 is 0 Å². The Morgan fingerprint density at radius 2 is 1.52 bits per heavy atom. The van der Waals surface area contributed by atoms with Crippen LogP contribution in [0.15, 0.2) is 59.1 Å². The minimum atomic E-state index is 0.0538. The molecular weight excluding hydrogens is 324 g/mol. The van der Waals surface area contributed by atoms with E-state index in [1.807, 2.05) is 55.5 Å². The van der Waals surface area contributed by atoms with E-state index in [1.165, 1.54) is 5.56 Å². The topological polar surface area (TPSA) is 17.1 Å². The van der Waals surface area contributed by atoms with Crippen LogP contribution < -0.4 is 0 Å². The molecule has 0 radical (unpaired) electrons. The van der Waals surface area contributed by atoms with Gasteiger partial charge in [-0.3, -0.25) is 4.79 Å². The van der Waals surface area contributed by atoms with Crippen molar-refractivity contribution in [3.8, 4) is 0 Å². The van der Waals surface area contributed by atoms with Gasteiger partial charge in [0.15, 0.2) is 5.78 Å². The Morgan fingerprint density at radius 1 is 0.857 bits per heavy atom. The molecule has 0 heterocycles. The normalized spacial score (nSPS) is 10.8. The highest BCUT2D eigenvalue weighted by Gasteiger charge is 2.15. The molecule has 0 atom stereocenters. The zero-order valence-corrected chi connectivity index (χ0v) is 13.6. The minimum absolute atomic E-state index is 0.0538. The first-order valence-corrected chi connectivity index (χ1v) is 7.66. The highest BCUT2D eigenvalue weighted by molar-refractivity contribution is 9.10. The standard InChI is InChI=1S/C19H15BrO/c1-12-7-9-17(18(20)11-12)19(21)16-10-8-13(2)14-5-3-4-6-15(14)16/h3-11H,1-2H3. The number of hydrogen-bond acceptors (Lipinski definition) is 1. The van der Waals surface area contributed by atoms with Crippen molar-refractivity contribution in [2.24, 2.45) is 0 Å². The van der Waals surface area contributed by atoms with Gasteiger partial charge in [-0.15, -0.1) is 0 Å². The van der Waals surface area contributed by atoms with Gasteiger partial charge in [0.1, 0.15) is 0 Å². The van der Waals surface area contributed by atoms with Gasteiger partial charge in [-0.05, 0) is 47.9 Å².